The zero-order valence-corrected chi connectivity index (χ0v) is 11.3. The Labute approximate surface area is 113 Å². The molecule has 4 heteroatoms. The Morgan fingerprint density at radius 1 is 1.32 bits per heavy atom. The van der Waals surface area contributed by atoms with E-state index in [0.717, 1.165) is 42.8 Å². The predicted octanol–water partition coefficient (Wildman–Crippen LogP) is 2.33. The smallest absolute Gasteiger partial charge is 0.0695 e. The first-order chi connectivity index (χ1) is 9.31. The number of nitrogens with one attached hydrogen (secondary N) is 2. The molecule has 0 saturated heterocycles. The van der Waals surface area contributed by atoms with Gasteiger partial charge in [0.05, 0.1) is 18.0 Å². The molecule has 0 radical (unpaired) electrons. The van der Waals surface area contributed by atoms with Gasteiger partial charge in [0.2, 0.25) is 0 Å². The van der Waals surface area contributed by atoms with Gasteiger partial charge in [-0.1, -0.05) is 37.3 Å². The van der Waals surface area contributed by atoms with Gasteiger partial charge in [0.15, 0.2) is 0 Å². The highest BCUT2D eigenvalue weighted by Gasteiger charge is 2.07. The van der Waals surface area contributed by atoms with Crippen molar-refractivity contribution in [3.63, 3.8) is 0 Å². The van der Waals surface area contributed by atoms with Crippen LogP contribution in [0.1, 0.15) is 25.3 Å². The molecule has 0 aliphatic carbocycles. The molecule has 0 amide bonds. The van der Waals surface area contributed by atoms with Crippen LogP contribution in [0.2, 0.25) is 0 Å². The summed E-state index contributed by atoms with van der Waals surface area (Å²) in [7, 11) is 0. The van der Waals surface area contributed by atoms with Crippen LogP contribution in [0.25, 0.3) is 11.3 Å². The van der Waals surface area contributed by atoms with Gasteiger partial charge in [0.25, 0.3) is 0 Å². The van der Waals surface area contributed by atoms with E-state index < -0.39 is 0 Å². The molecule has 102 valence electrons. The van der Waals surface area contributed by atoms with Crippen molar-refractivity contribution in [2.75, 3.05) is 6.54 Å². The summed E-state index contributed by atoms with van der Waals surface area (Å²) in [6, 6.07) is 10.2. The van der Waals surface area contributed by atoms with E-state index in [-0.39, 0.29) is 6.10 Å². The third-order valence-corrected chi connectivity index (χ3v) is 3.22. The second kappa shape index (κ2) is 7.07. The van der Waals surface area contributed by atoms with Gasteiger partial charge in [-0.25, -0.2) is 0 Å². The van der Waals surface area contributed by atoms with Crippen LogP contribution in [0.3, 0.4) is 0 Å². The van der Waals surface area contributed by atoms with Crippen molar-refractivity contribution in [3.05, 3.63) is 42.1 Å². The summed E-state index contributed by atoms with van der Waals surface area (Å²) in [4.78, 5) is 0. The van der Waals surface area contributed by atoms with Crippen molar-refractivity contribution in [2.24, 2.45) is 0 Å². The second-order valence-corrected chi connectivity index (χ2v) is 4.66. The molecule has 3 N–H and O–H groups in total. The van der Waals surface area contributed by atoms with E-state index in [1.165, 1.54) is 0 Å². The third kappa shape index (κ3) is 3.91. The van der Waals surface area contributed by atoms with Crippen molar-refractivity contribution < 1.29 is 5.11 Å². The van der Waals surface area contributed by atoms with Gasteiger partial charge in [0.1, 0.15) is 0 Å². The Kier molecular flexibility index (Phi) is 5.12. The van der Waals surface area contributed by atoms with E-state index in [4.69, 9.17) is 0 Å². The summed E-state index contributed by atoms with van der Waals surface area (Å²) < 4.78 is 0. The van der Waals surface area contributed by atoms with Crippen molar-refractivity contribution in [1.82, 2.24) is 15.5 Å². The minimum Gasteiger partial charge on any atom is -0.393 e. The standard InChI is InChI=1S/C15H21N3O/c1-2-14(19)8-9-16-10-13-11-17-18-15(13)12-6-4-3-5-7-12/h3-7,11,14,16,19H,2,8-10H2,1H3,(H,17,18). The summed E-state index contributed by atoms with van der Waals surface area (Å²) in [6.45, 7) is 3.57. The average molecular weight is 259 g/mol. The molecular weight excluding hydrogens is 238 g/mol. The molecule has 2 rings (SSSR count). The molecule has 1 aromatic heterocycles. The van der Waals surface area contributed by atoms with Gasteiger partial charge in [-0.3, -0.25) is 5.10 Å². The molecule has 0 saturated carbocycles. The number of aromatic nitrogens is 2. The van der Waals surface area contributed by atoms with E-state index in [9.17, 15) is 5.11 Å². The average Bonchev–Trinajstić information content (AvgIpc) is 2.92. The maximum Gasteiger partial charge on any atom is 0.0695 e. The lowest BCUT2D eigenvalue weighted by Crippen LogP contribution is -2.19. The number of nitrogens with zero attached hydrogens (tertiary/aromatic N) is 1. The molecule has 2 aromatic rings. The van der Waals surface area contributed by atoms with Crippen LogP contribution < -0.4 is 5.32 Å². The summed E-state index contributed by atoms with van der Waals surface area (Å²) in [6.07, 6.45) is 3.24. The molecule has 4 nitrogen and oxygen atoms in total. The first-order valence-corrected chi connectivity index (χ1v) is 6.77. The largest absolute Gasteiger partial charge is 0.393 e. The highest BCUT2D eigenvalue weighted by atomic mass is 16.3. The molecule has 1 aromatic carbocycles. The number of aliphatic hydroxyl groups excluding tert-OH is 1. The van der Waals surface area contributed by atoms with Crippen LogP contribution in [-0.4, -0.2) is 28.0 Å². The van der Waals surface area contributed by atoms with Crippen molar-refractivity contribution >= 4 is 0 Å². The highest BCUT2D eigenvalue weighted by molar-refractivity contribution is 5.62. The fourth-order valence-corrected chi connectivity index (χ4v) is 2.00. The van der Waals surface area contributed by atoms with Gasteiger partial charge in [-0.15, -0.1) is 0 Å². The zero-order chi connectivity index (χ0) is 13.5. The fraction of sp³-hybridized carbons (Fsp3) is 0.400. The molecule has 19 heavy (non-hydrogen) atoms. The van der Waals surface area contributed by atoms with Crippen LogP contribution in [0.4, 0.5) is 0 Å². The normalized spacial score (nSPS) is 12.5. The topological polar surface area (TPSA) is 60.9 Å². The van der Waals surface area contributed by atoms with E-state index in [1.807, 2.05) is 31.3 Å². The van der Waals surface area contributed by atoms with Crippen LogP contribution in [0.15, 0.2) is 36.5 Å². The Morgan fingerprint density at radius 2 is 2.11 bits per heavy atom. The first-order valence-electron chi connectivity index (χ1n) is 6.77. The monoisotopic (exact) mass is 259 g/mol. The first kappa shape index (κ1) is 13.8. The summed E-state index contributed by atoms with van der Waals surface area (Å²) >= 11 is 0. The van der Waals surface area contributed by atoms with Crippen molar-refractivity contribution in [2.45, 2.75) is 32.4 Å². The molecule has 0 aliphatic heterocycles. The molecule has 1 unspecified atom stereocenters. The van der Waals surface area contributed by atoms with Gasteiger partial charge in [-0.05, 0) is 24.9 Å². The van der Waals surface area contributed by atoms with E-state index in [0.29, 0.717) is 0 Å². The number of H-pyrrole nitrogens is 1. The van der Waals surface area contributed by atoms with E-state index >= 15 is 0 Å². The molecule has 0 aliphatic rings. The van der Waals surface area contributed by atoms with Gasteiger partial charge < -0.3 is 10.4 Å². The number of hydrogen-bond acceptors (Lipinski definition) is 3. The summed E-state index contributed by atoms with van der Waals surface area (Å²) in [5.41, 5.74) is 3.35. The zero-order valence-electron chi connectivity index (χ0n) is 11.3. The van der Waals surface area contributed by atoms with Crippen LogP contribution >= 0.6 is 0 Å². The summed E-state index contributed by atoms with van der Waals surface area (Å²) in [5.74, 6) is 0. The maximum absolute atomic E-state index is 9.49. The van der Waals surface area contributed by atoms with Crippen LogP contribution in [0, 0.1) is 0 Å². The fourth-order valence-electron chi connectivity index (χ4n) is 2.00. The highest BCUT2D eigenvalue weighted by Crippen LogP contribution is 2.20. The number of aromatic amines is 1. The van der Waals surface area contributed by atoms with E-state index in [2.05, 4.69) is 27.6 Å². The number of aliphatic hydroxyl groups is 1. The Morgan fingerprint density at radius 3 is 2.84 bits per heavy atom. The summed E-state index contributed by atoms with van der Waals surface area (Å²) in [5, 5.41) is 20.0. The Balaban J connectivity index is 1.90. The van der Waals surface area contributed by atoms with Gasteiger partial charge in [0, 0.05) is 12.1 Å². The molecular formula is C15H21N3O. The maximum atomic E-state index is 9.49. The van der Waals surface area contributed by atoms with Gasteiger partial charge in [-0.2, -0.15) is 5.10 Å². The predicted molar refractivity (Wildman–Crippen MR) is 76.6 cm³/mol. The molecule has 0 spiro atoms. The Hall–Kier alpha value is -1.65. The molecule has 0 fully saturated rings. The lowest BCUT2D eigenvalue weighted by Gasteiger charge is -2.09. The molecule has 0 bridgehead atoms. The van der Waals surface area contributed by atoms with Crippen molar-refractivity contribution in [3.8, 4) is 11.3 Å². The lowest BCUT2D eigenvalue weighted by molar-refractivity contribution is 0.159. The number of hydrogen-bond donors (Lipinski definition) is 3. The molecule has 1 atom stereocenters. The number of benzene rings is 1. The van der Waals surface area contributed by atoms with E-state index in [1.54, 1.807) is 0 Å². The van der Waals surface area contributed by atoms with Gasteiger partial charge >= 0.3 is 0 Å². The minimum atomic E-state index is -0.203. The SMILES string of the molecule is CCC(O)CCNCc1cn[nH]c1-c1ccccc1. The Bertz CT molecular complexity index is 481. The lowest BCUT2D eigenvalue weighted by atomic mass is 10.1. The van der Waals surface area contributed by atoms with Crippen molar-refractivity contribution in [1.29, 1.82) is 0 Å². The second-order valence-electron chi connectivity index (χ2n) is 4.66. The van der Waals surface area contributed by atoms with Crippen LogP contribution in [-0.2, 0) is 6.54 Å². The quantitative estimate of drug-likeness (QED) is 0.669. The minimum absolute atomic E-state index is 0.203. The third-order valence-electron chi connectivity index (χ3n) is 3.22. The number of rotatable bonds is 7. The van der Waals surface area contributed by atoms with Crippen LogP contribution in [0.5, 0.6) is 0 Å². The molecule has 1 heterocycles.